The maximum Gasteiger partial charge on any atom is 0.0406 e. The van der Waals surface area contributed by atoms with Crippen LogP contribution < -0.4 is 5.32 Å². The Labute approximate surface area is 116 Å². The number of nitrogens with one attached hydrogen (secondary N) is 1. The smallest absolute Gasteiger partial charge is 0.0406 e. The molecule has 0 spiro atoms. The van der Waals surface area contributed by atoms with Crippen LogP contribution in [0.15, 0.2) is 24.3 Å². The molecule has 1 aromatic carbocycles. The Morgan fingerprint density at radius 3 is 2.39 bits per heavy atom. The van der Waals surface area contributed by atoms with E-state index in [1.807, 2.05) is 12.1 Å². The molecule has 2 heteroatoms. The number of hydrogen-bond acceptors (Lipinski definition) is 1. The van der Waals surface area contributed by atoms with Crippen molar-refractivity contribution >= 4 is 11.6 Å². The highest BCUT2D eigenvalue weighted by Crippen LogP contribution is 2.24. The van der Waals surface area contributed by atoms with E-state index in [0.29, 0.717) is 6.04 Å². The van der Waals surface area contributed by atoms with E-state index in [1.54, 1.807) is 0 Å². The van der Waals surface area contributed by atoms with Crippen LogP contribution in [0.25, 0.3) is 0 Å². The van der Waals surface area contributed by atoms with Gasteiger partial charge in [-0.3, -0.25) is 0 Å². The van der Waals surface area contributed by atoms with Crippen molar-refractivity contribution in [3.05, 3.63) is 34.9 Å². The molecule has 1 saturated carbocycles. The summed E-state index contributed by atoms with van der Waals surface area (Å²) in [5.74, 6) is 0.926. The summed E-state index contributed by atoms with van der Waals surface area (Å²) < 4.78 is 0. The van der Waals surface area contributed by atoms with Crippen molar-refractivity contribution in [1.29, 1.82) is 0 Å². The van der Waals surface area contributed by atoms with Gasteiger partial charge < -0.3 is 5.32 Å². The second kappa shape index (κ2) is 6.58. The van der Waals surface area contributed by atoms with Gasteiger partial charge in [0.1, 0.15) is 0 Å². The molecule has 0 saturated heterocycles. The van der Waals surface area contributed by atoms with Crippen molar-refractivity contribution in [1.82, 2.24) is 5.32 Å². The minimum atomic E-state index is 0.546. The Bertz CT molecular complexity index is 352. The standard InChI is InChI=1S/C16H24ClN/c1-12-3-9-16(10-4-12)18-13(2)11-14-5-7-15(17)8-6-14/h5-8,12-13,16,18H,3-4,9-11H2,1-2H3. The lowest BCUT2D eigenvalue weighted by atomic mass is 9.87. The number of rotatable bonds is 4. The van der Waals surface area contributed by atoms with E-state index in [0.717, 1.165) is 23.4 Å². The lowest BCUT2D eigenvalue weighted by Gasteiger charge is -2.29. The molecule has 1 aromatic rings. The van der Waals surface area contributed by atoms with Gasteiger partial charge in [-0.15, -0.1) is 0 Å². The first-order chi connectivity index (χ1) is 8.63. The normalized spacial score (nSPS) is 25.9. The molecule has 1 N–H and O–H groups in total. The molecule has 1 atom stereocenters. The van der Waals surface area contributed by atoms with Crippen LogP contribution in [0.1, 0.15) is 45.1 Å². The summed E-state index contributed by atoms with van der Waals surface area (Å²) in [6, 6.07) is 9.48. The second-order valence-corrected chi connectivity index (χ2v) is 6.29. The van der Waals surface area contributed by atoms with Crippen LogP contribution in [0.2, 0.25) is 5.02 Å². The number of hydrogen-bond donors (Lipinski definition) is 1. The van der Waals surface area contributed by atoms with Crippen molar-refractivity contribution in [2.45, 2.75) is 58.0 Å². The molecule has 1 fully saturated rings. The summed E-state index contributed by atoms with van der Waals surface area (Å²) in [7, 11) is 0. The zero-order valence-corrected chi connectivity index (χ0v) is 12.2. The van der Waals surface area contributed by atoms with Crippen molar-refractivity contribution in [2.75, 3.05) is 0 Å². The summed E-state index contributed by atoms with van der Waals surface area (Å²) in [5, 5.41) is 4.59. The van der Waals surface area contributed by atoms with Gasteiger partial charge in [0.05, 0.1) is 0 Å². The maximum atomic E-state index is 5.90. The summed E-state index contributed by atoms with van der Waals surface area (Å²) in [6.07, 6.45) is 6.53. The van der Waals surface area contributed by atoms with Crippen molar-refractivity contribution in [3.8, 4) is 0 Å². The molecule has 0 aliphatic heterocycles. The van der Waals surface area contributed by atoms with Crippen LogP contribution in [-0.4, -0.2) is 12.1 Å². The van der Waals surface area contributed by atoms with Gasteiger partial charge in [0.25, 0.3) is 0 Å². The average Bonchev–Trinajstić information content (AvgIpc) is 2.35. The zero-order chi connectivity index (χ0) is 13.0. The second-order valence-electron chi connectivity index (χ2n) is 5.86. The lowest BCUT2D eigenvalue weighted by Crippen LogP contribution is -2.39. The van der Waals surface area contributed by atoms with Crippen LogP contribution in [0.5, 0.6) is 0 Å². The molecule has 2 rings (SSSR count). The van der Waals surface area contributed by atoms with E-state index in [1.165, 1.54) is 31.2 Å². The fraction of sp³-hybridized carbons (Fsp3) is 0.625. The Morgan fingerprint density at radius 2 is 1.78 bits per heavy atom. The molecular weight excluding hydrogens is 242 g/mol. The maximum absolute atomic E-state index is 5.90. The third-order valence-corrected chi connectivity index (χ3v) is 4.24. The van der Waals surface area contributed by atoms with Gasteiger partial charge in [0.2, 0.25) is 0 Å². The zero-order valence-electron chi connectivity index (χ0n) is 11.5. The van der Waals surface area contributed by atoms with E-state index in [-0.39, 0.29) is 0 Å². The Kier molecular flexibility index (Phi) is 5.08. The molecule has 1 nitrogen and oxygen atoms in total. The summed E-state index contributed by atoms with van der Waals surface area (Å²) in [5.41, 5.74) is 1.36. The van der Waals surface area contributed by atoms with Crippen LogP contribution in [-0.2, 0) is 6.42 Å². The quantitative estimate of drug-likeness (QED) is 0.849. The monoisotopic (exact) mass is 265 g/mol. The number of halogens is 1. The predicted octanol–water partition coefficient (Wildman–Crippen LogP) is 4.44. The fourth-order valence-electron chi connectivity index (χ4n) is 2.86. The van der Waals surface area contributed by atoms with Gasteiger partial charge in [-0.25, -0.2) is 0 Å². The van der Waals surface area contributed by atoms with Crippen molar-refractivity contribution in [3.63, 3.8) is 0 Å². The van der Waals surface area contributed by atoms with Crippen molar-refractivity contribution < 1.29 is 0 Å². The van der Waals surface area contributed by atoms with Gasteiger partial charge in [-0.2, -0.15) is 0 Å². The molecule has 18 heavy (non-hydrogen) atoms. The van der Waals surface area contributed by atoms with E-state index in [4.69, 9.17) is 11.6 Å². The molecule has 0 radical (unpaired) electrons. The minimum absolute atomic E-state index is 0.546. The summed E-state index contributed by atoms with van der Waals surface area (Å²) >= 11 is 5.90. The van der Waals surface area contributed by atoms with Gasteiger partial charge in [0.15, 0.2) is 0 Å². The highest BCUT2D eigenvalue weighted by atomic mass is 35.5. The summed E-state index contributed by atoms with van der Waals surface area (Å²) in [4.78, 5) is 0. The lowest BCUT2D eigenvalue weighted by molar-refractivity contribution is 0.290. The molecule has 100 valence electrons. The highest BCUT2D eigenvalue weighted by Gasteiger charge is 2.19. The molecule has 0 aromatic heterocycles. The molecule has 1 unspecified atom stereocenters. The van der Waals surface area contributed by atoms with E-state index in [9.17, 15) is 0 Å². The van der Waals surface area contributed by atoms with Crippen LogP contribution >= 0.6 is 11.6 Å². The van der Waals surface area contributed by atoms with Gasteiger partial charge >= 0.3 is 0 Å². The molecule has 0 heterocycles. The van der Waals surface area contributed by atoms with E-state index in [2.05, 4.69) is 31.3 Å². The van der Waals surface area contributed by atoms with Gasteiger partial charge in [0, 0.05) is 17.1 Å². The van der Waals surface area contributed by atoms with Gasteiger partial charge in [-0.1, -0.05) is 30.7 Å². The SMILES string of the molecule is CC1CCC(NC(C)Cc2ccc(Cl)cc2)CC1. The third kappa shape index (κ3) is 4.29. The Morgan fingerprint density at radius 1 is 1.17 bits per heavy atom. The topological polar surface area (TPSA) is 12.0 Å². The Balaban J connectivity index is 1.78. The van der Waals surface area contributed by atoms with Crippen molar-refractivity contribution in [2.24, 2.45) is 5.92 Å². The van der Waals surface area contributed by atoms with E-state index >= 15 is 0 Å². The minimum Gasteiger partial charge on any atom is -0.311 e. The predicted molar refractivity (Wildman–Crippen MR) is 79.2 cm³/mol. The first kappa shape index (κ1) is 13.9. The van der Waals surface area contributed by atoms with Gasteiger partial charge in [-0.05, 0) is 62.6 Å². The largest absolute Gasteiger partial charge is 0.311 e. The summed E-state index contributed by atoms with van der Waals surface area (Å²) in [6.45, 7) is 4.65. The molecule has 1 aliphatic carbocycles. The van der Waals surface area contributed by atoms with E-state index < -0.39 is 0 Å². The first-order valence-corrected chi connectivity index (χ1v) is 7.52. The number of benzene rings is 1. The molecule has 1 aliphatic rings. The molecular formula is C16H24ClN. The van der Waals surface area contributed by atoms with Crippen LogP contribution in [0.4, 0.5) is 0 Å². The third-order valence-electron chi connectivity index (χ3n) is 3.99. The molecule has 0 bridgehead atoms. The fourth-order valence-corrected chi connectivity index (χ4v) is 2.99. The van der Waals surface area contributed by atoms with Crippen LogP contribution in [0.3, 0.4) is 0 Å². The first-order valence-electron chi connectivity index (χ1n) is 7.14. The van der Waals surface area contributed by atoms with Crippen LogP contribution in [0, 0.1) is 5.92 Å². The molecule has 0 amide bonds. The highest BCUT2D eigenvalue weighted by molar-refractivity contribution is 6.30. The Hall–Kier alpha value is -0.530. The average molecular weight is 266 g/mol.